The molecule has 6 N–H and O–H groups in total. The number of hydrogen-bond acceptors (Lipinski definition) is 10. The zero-order valence-electron chi connectivity index (χ0n) is 35.3. The number of carboxylic acid groups (broad SMARTS) is 1. The number of nitrogens with zero attached hydrogens (tertiary/aromatic N) is 6. The van der Waals surface area contributed by atoms with Crippen molar-refractivity contribution in [1.82, 2.24) is 45.0 Å². The average Bonchev–Trinajstić information content (AvgIpc) is 4.09. The van der Waals surface area contributed by atoms with Crippen LogP contribution in [0.1, 0.15) is 90.5 Å². The van der Waals surface area contributed by atoms with Crippen molar-refractivity contribution in [1.29, 1.82) is 0 Å². The third-order valence-corrected chi connectivity index (χ3v) is 11.4. The Hall–Kier alpha value is -6.86. The normalized spacial score (nSPS) is 17.8. The second kappa shape index (κ2) is 18.6. The number of carboxylic acids is 1. The highest BCUT2D eigenvalue weighted by Crippen LogP contribution is 2.37. The van der Waals surface area contributed by atoms with Gasteiger partial charge in [0.15, 0.2) is 5.60 Å². The van der Waals surface area contributed by atoms with E-state index in [0.717, 1.165) is 76.3 Å². The number of aromatic amines is 2. The van der Waals surface area contributed by atoms with Crippen LogP contribution in [0.3, 0.4) is 0 Å². The van der Waals surface area contributed by atoms with E-state index in [9.17, 15) is 32.3 Å². The van der Waals surface area contributed by atoms with Gasteiger partial charge >= 0.3 is 18.2 Å². The molecule has 2 aliphatic heterocycles. The van der Waals surface area contributed by atoms with Crippen molar-refractivity contribution in [3.8, 4) is 33.8 Å². The summed E-state index contributed by atoms with van der Waals surface area (Å²) >= 11 is 0. The van der Waals surface area contributed by atoms with Crippen LogP contribution in [0.15, 0.2) is 61.1 Å². The Morgan fingerprint density at radius 1 is 0.857 bits per heavy atom. The van der Waals surface area contributed by atoms with E-state index in [2.05, 4.69) is 25.3 Å². The smallest absolute Gasteiger partial charge is 0.475 e. The number of hydrogen-bond donors (Lipinski definition) is 5. The lowest BCUT2D eigenvalue weighted by molar-refractivity contribution is -0.192. The van der Waals surface area contributed by atoms with Crippen LogP contribution in [0, 0.1) is 5.92 Å². The van der Waals surface area contributed by atoms with Gasteiger partial charge in [-0.25, -0.2) is 24.5 Å². The highest BCUT2D eigenvalue weighted by molar-refractivity contribution is 5.89. The van der Waals surface area contributed by atoms with E-state index in [1.807, 2.05) is 68.1 Å². The summed E-state index contributed by atoms with van der Waals surface area (Å²) in [6.45, 7) is 9.74. The second-order valence-corrected chi connectivity index (χ2v) is 15.9. The first kappa shape index (κ1) is 45.7. The van der Waals surface area contributed by atoms with Gasteiger partial charge in [-0.2, -0.15) is 13.2 Å². The third-order valence-electron chi connectivity index (χ3n) is 11.4. The highest BCUT2D eigenvalue weighted by atomic mass is 19.4. The maximum Gasteiger partial charge on any atom is 0.490 e. The molecule has 3 unspecified atom stereocenters. The van der Waals surface area contributed by atoms with E-state index in [4.69, 9.17) is 30.3 Å². The molecule has 20 heteroatoms. The van der Waals surface area contributed by atoms with E-state index in [-0.39, 0.29) is 35.7 Å². The number of aromatic nitrogens is 6. The number of rotatable bonds is 11. The molecule has 2 saturated heterocycles. The molecule has 63 heavy (non-hydrogen) atoms. The topological polar surface area (TPSA) is 242 Å². The number of aliphatic carboxylic acids is 1. The van der Waals surface area contributed by atoms with Crippen LogP contribution in [0.4, 0.5) is 18.0 Å². The van der Waals surface area contributed by atoms with Crippen LogP contribution in [-0.2, 0) is 23.9 Å². The van der Waals surface area contributed by atoms with Gasteiger partial charge in [-0.3, -0.25) is 19.4 Å². The summed E-state index contributed by atoms with van der Waals surface area (Å²) in [6, 6.07) is 12.8. The average molecular weight is 875 g/mol. The predicted octanol–water partition coefficient (Wildman–Crippen LogP) is 6.46. The first-order chi connectivity index (χ1) is 29.8. The fourth-order valence-corrected chi connectivity index (χ4v) is 7.74. The summed E-state index contributed by atoms with van der Waals surface area (Å²) in [5.74, 6) is -2.24. The van der Waals surface area contributed by atoms with Crippen LogP contribution < -0.4 is 11.1 Å². The number of carbonyl (C=O) groups is 5. The number of primary amides is 1. The van der Waals surface area contributed by atoms with Gasteiger partial charge in [0.2, 0.25) is 11.8 Å². The van der Waals surface area contributed by atoms with Crippen LogP contribution in [0.5, 0.6) is 0 Å². The molecular formula is C43H49F3N10O7. The van der Waals surface area contributed by atoms with Crippen molar-refractivity contribution in [2.45, 2.75) is 96.6 Å². The van der Waals surface area contributed by atoms with Gasteiger partial charge in [0.05, 0.1) is 58.8 Å². The van der Waals surface area contributed by atoms with Crippen molar-refractivity contribution in [2.24, 2.45) is 11.7 Å². The van der Waals surface area contributed by atoms with Crippen molar-refractivity contribution in [3.05, 3.63) is 72.7 Å². The summed E-state index contributed by atoms with van der Waals surface area (Å²) in [7, 11) is 0. The highest BCUT2D eigenvalue weighted by Gasteiger charge is 2.47. The summed E-state index contributed by atoms with van der Waals surface area (Å²) in [5, 5.41) is 9.90. The van der Waals surface area contributed by atoms with Crippen molar-refractivity contribution in [3.63, 3.8) is 0 Å². The van der Waals surface area contributed by atoms with Gasteiger partial charge in [0.25, 0.3) is 5.91 Å². The van der Waals surface area contributed by atoms with Crippen LogP contribution in [0.2, 0.25) is 0 Å². The molecule has 5 heterocycles. The predicted molar refractivity (Wildman–Crippen MR) is 223 cm³/mol. The molecule has 2 aromatic carbocycles. The van der Waals surface area contributed by atoms with E-state index in [0.29, 0.717) is 25.3 Å². The molecule has 2 fully saturated rings. The number of halogens is 3. The summed E-state index contributed by atoms with van der Waals surface area (Å²) in [6.07, 6.45) is 2.95. The van der Waals surface area contributed by atoms with Gasteiger partial charge in [-0.05, 0) is 56.7 Å². The fraction of sp³-hybridized carbons (Fsp3) is 0.419. The molecule has 5 aromatic rings. The number of nitrogens with one attached hydrogen (secondary N) is 3. The molecule has 0 radical (unpaired) electrons. The molecule has 7 rings (SSSR count). The van der Waals surface area contributed by atoms with E-state index in [1.165, 1.54) is 6.92 Å². The zero-order valence-corrected chi connectivity index (χ0v) is 35.3. The quantitative estimate of drug-likeness (QED) is 0.0964. The molecular weight excluding hydrogens is 826 g/mol. The largest absolute Gasteiger partial charge is 0.490 e. The van der Waals surface area contributed by atoms with Crippen molar-refractivity contribution < 1.29 is 47.0 Å². The van der Waals surface area contributed by atoms with E-state index < -0.39 is 29.9 Å². The van der Waals surface area contributed by atoms with Crippen LogP contribution in [0.25, 0.3) is 44.8 Å². The Morgan fingerprint density at radius 2 is 1.40 bits per heavy atom. The molecule has 334 valence electrons. The SMILES string of the molecule is CCC(NC(C)=O)C(=O)N1CCCC1c1ncc(-c2ccc3nc(-c4ccc(-c5cnc(C6CCCN6C(=O)[C@@](C)(OC(N)=O)C(C)C)[nH]5)cc4)cnc3c2)[nH]1.O=C(O)C(F)(F)F. The molecule has 0 bridgehead atoms. The number of ether oxygens (including phenoxy) is 1. The lowest BCUT2D eigenvalue weighted by Gasteiger charge is -2.36. The monoisotopic (exact) mass is 874 g/mol. The minimum atomic E-state index is -5.08. The number of likely N-dealkylation sites (tertiary alicyclic amines) is 2. The first-order valence-electron chi connectivity index (χ1n) is 20.5. The molecule has 0 aliphatic carbocycles. The van der Waals surface area contributed by atoms with Crippen LogP contribution in [-0.4, -0.2) is 106 Å². The van der Waals surface area contributed by atoms with Crippen LogP contribution >= 0.6 is 0 Å². The van der Waals surface area contributed by atoms with E-state index >= 15 is 0 Å². The van der Waals surface area contributed by atoms with Gasteiger partial charge in [-0.1, -0.05) is 51.1 Å². The summed E-state index contributed by atoms with van der Waals surface area (Å²) in [4.78, 5) is 88.5. The minimum absolute atomic E-state index is 0.0868. The maximum atomic E-state index is 13.7. The zero-order chi connectivity index (χ0) is 45.8. The lowest BCUT2D eigenvalue weighted by atomic mass is 9.90. The van der Waals surface area contributed by atoms with Crippen molar-refractivity contribution >= 4 is 40.8 Å². The number of alkyl halides is 3. The number of amides is 4. The van der Waals surface area contributed by atoms with Gasteiger partial charge in [0, 0.05) is 37.1 Å². The number of imidazole rings is 2. The van der Waals surface area contributed by atoms with Gasteiger partial charge in [0.1, 0.15) is 17.7 Å². The number of fused-ring (bicyclic) bond motifs is 1. The van der Waals surface area contributed by atoms with Gasteiger partial charge in [-0.15, -0.1) is 0 Å². The molecule has 2 aliphatic rings. The Bertz CT molecular complexity index is 2490. The minimum Gasteiger partial charge on any atom is -0.475 e. The number of carbonyl (C=O) groups excluding carboxylic acids is 4. The number of benzene rings is 2. The third kappa shape index (κ3) is 10.1. The van der Waals surface area contributed by atoms with E-state index in [1.54, 1.807) is 30.4 Å². The number of H-pyrrole nitrogens is 2. The Labute approximate surface area is 360 Å². The summed E-state index contributed by atoms with van der Waals surface area (Å²) < 4.78 is 37.1. The lowest BCUT2D eigenvalue weighted by Crippen LogP contribution is -2.53. The molecule has 4 atom stereocenters. The molecule has 3 aromatic heterocycles. The fourth-order valence-electron chi connectivity index (χ4n) is 7.74. The standard InChI is InChI=1S/C41H48N10O5.C2HF3O2/c1-6-28(46-24(4)52)38(53)50-17-7-9-34(50)36-45-22-33(49-36)27-15-16-29-30(19-27)43-20-31(47-29)25-11-13-26(14-12-25)32-21-44-37(48-32)35-10-8-18-51(35)39(54)41(5,23(2)3)56-40(42)55;3-2(4,5)1(6)7/h11-16,19-23,28,34-35H,6-10,17-18H2,1-5H3,(H2,42,55)(H,44,48)(H,45,49)(H,46,52);(H,6,7)/t28?,34?,35?,41-;/m0./s1. The first-order valence-corrected chi connectivity index (χ1v) is 20.5. The molecule has 4 amide bonds. The Balaban J connectivity index is 0.000000871. The Morgan fingerprint density at radius 3 is 1.94 bits per heavy atom. The molecule has 0 spiro atoms. The molecule has 17 nitrogen and oxygen atoms in total. The molecule has 0 saturated carbocycles. The maximum absolute atomic E-state index is 13.7. The summed E-state index contributed by atoms with van der Waals surface area (Å²) in [5.41, 5.74) is 10.5. The number of nitrogens with two attached hydrogens (primary N) is 1. The van der Waals surface area contributed by atoms with Crippen molar-refractivity contribution in [2.75, 3.05) is 13.1 Å². The Kier molecular flexibility index (Phi) is 13.5. The van der Waals surface area contributed by atoms with Gasteiger partial charge < -0.3 is 40.7 Å². The second-order valence-electron chi connectivity index (χ2n) is 15.9.